The van der Waals surface area contributed by atoms with Crippen LogP contribution in [-0.4, -0.2) is 19.0 Å². The average molecular weight is 569 g/mol. The van der Waals surface area contributed by atoms with Crippen LogP contribution in [0, 0.1) is 3.57 Å². The zero-order valence-corrected chi connectivity index (χ0v) is 20.9. The Balaban J connectivity index is 1.59. The van der Waals surface area contributed by atoms with Gasteiger partial charge in [0, 0.05) is 15.0 Å². The van der Waals surface area contributed by atoms with Crippen LogP contribution in [0.5, 0.6) is 11.5 Å². The zero-order valence-electron chi connectivity index (χ0n) is 18.7. The Labute approximate surface area is 211 Å². The molecule has 1 aliphatic rings. The highest BCUT2D eigenvalue weighted by atomic mass is 127. The predicted octanol–water partition coefficient (Wildman–Crippen LogP) is 5.15. The number of halogens is 1. The number of carbonyl (C=O) groups is 2. The van der Waals surface area contributed by atoms with E-state index in [1.54, 1.807) is 26.2 Å². The van der Waals surface area contributed by atoms with E-state index in [1.165, 1.54) is 0 Å². The molecule has 4 rings (SSSR count). The smallest absolute Gasteiger partial charge is 0.319 e. The maximum absolute atomic E-state index is 13.2. The number of nitrogens with one attached hydrogen (secondary N) is 3. The summed E-state index contributed by atoms with van der Waals surface area (Å²) in [5.74, 6) is 0.775. The van der Waals surface area contributed by atoms with Gasteiger partial charge in [-0.2, -0.15) is 0 Å². The van der Waals surface area contributed by atoms with E-state index in [9.17, 15) is 9.59 Å². The summed E-state index contributed by atoms with van der Waals surface area (Å²) in [7, 11) is 1.56. The lowest BCUT2D eigenvalue weighted by Crippen LogP contribution is -2.46. The highest BCUT2D eigenvalue weighted by Crippen LogP contribution is 2.35. The van der Waals surface area contributed by atoms with E-state index < -0.39 is 6.04 Å². The summed E-state index contributed by atoms with van der Waals surface area (Å²) in [4.78, 5) is 25.5. The number of allylic oxidation sites excluding steroid dienone is 1. The van der Waals surface area contributed by atoms with Crippen LogP contribution in [-0.2, 0) is 11.4 Å². The first-order chi connectivity index (χ1) is 16.4. The van der Waals surface area contributed by atoms with Gasteiger partial charge in [0.15, 0.2) is 11.5 Å². The maximum Gasteiger partial charge on any atom is 0.319 e. The molecule has 3 amide bonds. The lowest BCUT2D eigenvalue weighted by Gasteiger charge is -2.29. The van der Waals surface area contributed by atoms with Gasteiger partial charge < -0.3 is 25.4 Å². The number of benzene rings is 3. The fourth-order valence-corrected chi connectivity index (χ4v) is 4.05. The number of amides is 3. The molecule has 0 unspecified atom stereocenters. The summed E-state index contributed by atoms with van der Waals surface area (Å²) in [6.07, 6.45) is 0. The molecule has 0 spiro atoms. The van der Waals surface area contributed by atoms with Gasteiger partial charge in [-0.05, 0) is 77.0 Å². The molecule has 8 heteroatoms. The summed E-state index contributed by atoms with van der Waals surface area (Å²) in [5.41, 5.74) is 3.31. The van der Waals surface area contributed by atoms with Gasteiger partial charge in [-0.15, -0.1) is 0 Å². The molecular formula is C26H24IN3O4. The third-order valence-electron chi connectivity index (χ3n) is 5.37. The Kier molecular flexibility index (Phi) is 7.36. The predicted molar refractivity (Wildman–Crippen MR) is 139 cm³/mol. The van der Waals surface area contributed by atoms with Gasteiger partial charge in [0.05, 0.1) is 18.7 Å². The number of hydrogen-bond acceptors (Lipinski definition) is 4. The van der Waals surface area contributed by atoms with Crippen LogP contribution in [0.4, 0.5) is 10.5 Å². The number of urea groups is 1. The molecule has 34 heavy (non-hydrogen) atoms. The number of anilines is 1. The lowest BCUT2D eigenvalue weighted by molar-refractivity contribution is -0.113. The fraction of sp³-hybridized carbons (Fsp3) is 0.154. The highest BCUT2D eigenvalue weighted by molar-refractivity contribution is 14.1. The van der Waals surface area contributed by atoms with Gasteiger partial charge in [-0.25, -0.2) is 4.79 Å². The maximum atomic E-state index is 13.2. The third-order valence-corrected chi connectivity index (χ3v) is 6.09. The van der Waals surface area contributed by atoms with Crippen molar-refractivity contribution in [2.24, 2.45) is 0 Å². The Morgan fingerprint density at radius 3 is 2.47 bits per heavy atom. The van der Waals surface area contributed by atoms with E-state index in [1.807, 2.05) is 60.7 Å². The first-order valence-electron chi connectivity index (χ1n) is 10.6. The van der Waals surface area contributed by atoms with Crippen LogP contribution in [0.1, 0.15) is 24.1 Å². The van der Waals surface area contributed by atoms with Crippen LogP contribution >= 0.6 is 22.6 Å². The largest absolute Gasteiger partial charge is 0.493 e. The molecule has 0 radical (unpaired) electrons. The molecule has 1 atom stereocenters. The van der Waals surface area contributed by atoms with Gasteiger partial charge in [0.25, 0.3) is 5.91 Å². The molecule has 0 bridgehead atoms. The van der Waals surface area contributed by atoms with Crippen molar-refractivity contribution in [3.63, 3.8) is 0 Å². The molecule has 0 aliphatic carbocycles. The van der Waals surface area contributed by atoms with Crippen LogP contribution < -0.4 is 25.4 Å². The molecule has 0 saturated carbocycles. The van der Waals surface area contributed by atoms with Gasteiger partial charge in [-0.3, -0.25) is 4.79 Å². The van der Waals surface area contributed by atoms with Crippen molar-refractivity contribution in [2.45, 2.75) is 19.6 Å². The number of ether oxygens (including phenoxy) is 2. The Bertz CT molecular complexity index is 1230. The first kappa shape index (κ1) is 23.6. The number of hydrogen-bond donors (Lipinski definition) is 3. The second-order valence-electron chi connectivity index (χ2n) is 7.72. The fourth-order valence-electron chi connectivity index (χ4n) is 3.69. The number of methoxy groups -OCH3 is 1. The highest BCUT2D eigenvalue weighted by Gasteiger charge is 2.31. The minimum atomic E-state index is -0.658. The minimum Gasteiger partial charge on any atom is -0.493 e. The molecule has 0 saturated heterocycles. The van der Waals surface area contributed by atoms with E-state index in [2.05, 4.69) is 38.5 Å². The van der Waals surface area contributed by atoms with Crippen LogP contribution in [0.15, 0.2) is 84.1 Å². The lowest BCUT2D eigenvalue weighted by atomic mass is 9.94. The molecule has 174 valence electrons. The van der Waals surface area contributed by atoms with Crippen molar-refractivity contribution in [3.05, 3.63) is 98.8 Å². The summed E-state index contributed by atoms with van der Waals surface area (Å²) in [6.45, 7) is 2.10. The normalized spacial score (nSPS) is 15.3. The van der Waals surface area contributed by atoms with Crippen LogP contribution in [0.25, 0.3) is 0 Å². The molecule has 3 aromatic rings. The summed E-state index contributed by atoms with van der Waals surface area (Å²) >= 11 is 2.21. The van der Waals surface area contributed by atoms with Gasteiger partial charge in [0.1, 0.15) is 6.61 Å². The molecule has 1 heterocycles. The zero-order chi connectivity index (χ0) is 24.1. The van der Waals surface area contributed by atoms with E-state index in [0.29, 0.717) is 40.6 Å². The van der Waals surface area contributed by atoms with E-state index >= 15 is 0 Å². The topological polar surface area (TPSA) is 88.7 Å². The van der Waals surface area contributed by atoms with Crippen molar-refractivity contribution >= 4 is 40.2 Å². The van der Waals surface area contributed by atoms with Crippen molar-refractivity contribution in [2.75, 3.05) is 12.4 Å². The van der Waals surface area contributed by atoms with Crippen molar-refractivity contribution in [1.82, 2.24) is 10.6 Å². The Morgan fingerprint density at radius 1 is 1.03 bits per heavy atom. The summed E-state index contributed by atoms with van der Waals surface area (Å²) in [6, 6.07) is 21.7. The molecule has 3 aromatic carbocycles. The van der Waals surface area contributed by atoms with Crippen molar-refractivity contribution in [3.8, 4) is 11.5 Å². The monoisotopic (exact) mass is 569 g/mol. The molecule has 3 N–H and O–H groups in total. The van der Waals surface area contributed by atoms with E-state index in [-0.39, 0.29) is 11.9 Å². The van der Waals surface area contributed by atoms with Crippen LogP contribution in [0.3, 0.4) is 0 Å². The van der Waals surface area contributed by atoms with Crippen molar-refractivity contribution in [1.29, 1.82) is 0 Å². The minimum absolute atomic E-state index is 0.306. The SMILES string of the molecule is COc1cc([C@H]2NC(=O)NC(C)=C2C(=O)Nc2ccc(I)cc2)ccc1OCc1ccccc1. The number of rotatable bonds is 7. The second kappa shape index (κ2) is 10.6. The standard InChI is InChI=1S/C26H24IN3O4/c1-16-23(25(31)29-20-11-9-19(27)10-12-20)24(30-26(32)28-16)18-8-13-21(22(14-18)33-2)34-15-17-6-4-3-5-7-17/h3-14,24H,15H2,1-2H3,(H,29,31)(H2,28,30,32)/t24-/m1/s1. The van der Waals surface area contributed by atoms with Crippen LogP contribution in [0.2, 0.25) is 0 Å². The molecule has 1 aliphatic heterocycles. The third kappa shape index (κ3) is 5.51. The molecule has 0 fully saturated rings. The molecule has 0 aromatic heterocycles. The first-order valence-corrected chi connectivity index (χ1v) is 11.7. The Hall–Kier alpha value is -3.53. The van der Waals surface area contributed by atoms with Gasteiger partial charge >= 0.3 is 6.03 Å². The molecule has 7 nitrogen and oxygen atoms in total. The van der Waals surface area contributed by atoms with Gasteiger partial charge in [-0.1, -0.05) is 36.4 Å². The quantitative estimate of drug-likeness (QED) is 0.344. The van der Waals surface area contributed by atoms with E-state index in [4.69, 9.17) is 9.47 Å². The average Bonchev–Trinajstić information content (AvgIpc) is 2.84. The molecular weight excluding hydrogens is 545 g/mol. The summed E-state index contributed by atoms with van der Waals surface area (Å²) in [5, 5.41) is 8.46. The Morgan fingerprint density at radius 2 is 1.76 bits per heavy atom. The second-order valence-corrected chi connectivity index (χ2v) is 8.96. The number of carbonyl (C=O) groups excluding carboxylic acids is 2. The van der Waals surface area contributed by atoms with Gasteiger partial charge in [0.2, 0.25) is 0 Å². The van der Waals surface area contributed by atoms with Crippen molar-refractivity contribution < 1.29 is 19.1 Å². The van der Waals surface area contributed by atoms with E-state index in [0.717, 1.165) is 9.13 Å². The summed E-state index contributed by atoms with van der Waals surface area (Å²) < 4.78 is 12.6.